The largest absolute Gasteiger partial charge is 0.387 e. The van der Waals surface area contributed by atoms with Gasteiger partial charge in [-0.3, -0.25) is 9.59 Å². The van der Waals surface area contributed by atoms with Crippen molar-refractivity contribution in [2.75, 3.05) is 13.2 Å². The van der Waals surface area contributed by atoms with E-state index in [1.54, 1.807) is 13.8 Å². The highest BCUT2D eigenvalue weighted by Gasteiger charge is 2.73. The molecule has 0 aromatic heterocycles. The quantitative estimate of drug-likeness (QED) is 0.0504. The Morgan fingerprint density at radius 2 is 1.25 bits per heavy atom. The number of rotatable bonds is 23. The third-order valence-corrected chi connectivity index (χ3v) is 14.2. The van der Waals surface area contributed by atoms with Crippen molar-refractivity contribution in [1.29, 1.82) is 0 Å². The molecule has 2 aliphatic rings. The van der Waals surface area contributed by atoms with E-state index in [0.717, 1.165) is 44.5 Å². The second kappa shape index (κ2) is 22.2. The summed E-state index contributed by atoms with van der Waals surface area (Å²) in [6.45, 7) is 14.3. The lowest BCUT2D eigenvalue weighted by Gasteiger charge is -2.54. The third-order valence-electron chi connectivity index (χ3n) is 14.2. The van der Waals surface area contributed by atoms with Crippen molar-refractivity contribution in [3.63, 3.8) is 0 Å². The van der Waals surface area contributed by atoms with Crippen LogP contribution in [0.25, 0.3) is 0 Å². The molecule has 2 bridgehead atoms. The lowest BCUT2D eigenvalue weighted by Crippen LogP contribution is -2.72. The summed E-state index contributed by atoms with van der Waals surface area (Å²) in [5, 5.41) is 18.3. The minimum absolute atomic E-state index is 0.0270. The van der Waals surface area contributed by atoms with E-state index in [1.165, 1.54) is 0 Å². The molecule has 0 spiro atoms. The highest BCUT2D eigenvalue weighted by atomic mass is 16.8. The van der Waals surface area contributed by atoms with Crippen LogP contribution in [0.15, 0.2) is 133 Å². The number of benzene rings is 5. The van der Waals surface area contributed by atoms with Crippen LogP contribution in [-0.2, 0) is 71.7 Å². The van der Waals surface area contributed by atoms with E-state index >= 15 is 0 Å². The number of fused-ring (bicyclic) bond motifs is 2. The van der Waals surface area contributed by atoms with Gasteiger partial charge in [0.1, 0.15) is 23.9 Å². The van der Waals surface area contributed by atoms with Crippen LogP contribution < -0.4 is 16.4 Å². The van der Waals surface area contributed by atoms with Crippen molar-refractivity contribution >= 4 is 11.8 Å². The first kappa shape index (κ1) is 51.6. The Bertz CT molecular complexity index is 2440. The van der Waals surface area contributed by atoms with Crippen molar-refractivity contribution in [3.8, 4) is 0 Å². The molecule has 2 saturated heterocycles. The third kappa shape index (κ3) is 11.9. The Morgan fingerprint density at radius 1 is 0.710 bits per heavy atom. The number of hydrogen-bond donors (Lipinski definition) is 4. The van der Waals surface area contributed by atoms with E-state index < -0.39 is 46.4 Å². The van der Waals surface area contributed by atoms with Crippen molar-refractivity contribution in [3.05, 3.63) is 178 Å². The molecule has 0 unspecified atom stereocenters. The molecule has 7 rings (SSSR count). The molecule has 2 amide bonds. The maximum Gasteiger partial charge on any atom is 0.246 e. The Hall–Kier alpha value is -5.24. The first-order valence-corrected chi connectivity index (χ1v) is 24.6. The summed E-state index contributed by atoms with van der Waals surface area (Å²) in [5.74, 6) is -1.83. The molecule has 69 heavy (non-hydrogen) atoms. The molecular weight excluding hydrogens is 867 g/mol. The van der Waals surface area contributed by atoms with E-state index in [0.29, 0.717) is 45.1 Å². The van der Waals surface area contributed by atoms with E-state index in [4.69, 9.17) is 29.4 Å². The molecule has 5 N–H and O–H groups in total. The molecule has 368 valence electrons. The first-order valence-electron chi connectivity index (χ1n) is 24.6. The van der Waals surface area contributed by atoms with Gasteiger partial charge in [0.25, 0.3) is 0 Å². The molecule has 0 radical (unpaired) electrons. The lowest BCUT2D eigenvalue weighted by atomic mass is 9.74. The minimum Gasteiger partial charge on any atom is -0.387 e. The number of aryl methyl sites for hydroxylation is 2. The van der Waals surface area contributed by atoms with Crippen molar-refractivity contribution in [1.82, 2.24) is 10.6 Å². The molecule has 0 aliphatic carbocycles. The van der Waals surface area contributed by atoms with Crippen LogP contribution >= 0.6 is 0 Å². The monoisotopic (exact) mass is 940 g/mol. The summed E-state index contributed by atoms with van der Waals surface area (Å²) < 4.78 is 35.3. The first-order chi connectivity index (χ1) is 33.1. The zero-order valence-electron chi connectivity index (χ0n) is 41.6. The van der Waals surface area contributed by atoms with Gasteiger partial charge in [-0.15, -0.1) is 0 Å². The van der Waals surface area contributed by atoms with E-state index in [1.807, 2.05) is 125 Å². The Kier molecular flexibility index (Phi) is 16.6. The summed E-state index contributed by atoms with van der Waals surface area (Å²) in [6.07, 6.45) is 0.859. The van der Waals surface area contributed by atoms with Gasteiger partial charge in [-0.2, -0.15) is 0 Å². The molecule has 2 aliphatic heterocycles. The van der Waals surface area contributed by atoms with Crippen LogP contribution in [0.2, 0.25) is 0 Å². The molecule has 11 heteroatoms. The van der Waals surface area contributed by atoms with Gasteiger partial charge in [-0.25, -0.2) is 0 Å². The highest BCUT2D eigenvalue weighted by molar-refractivity contribution is 5.91. The van der Waals surface area contributed by atoms with Gasteiger partial charge < -0.3 is 45.2 Å². The minimum atomic E-state index is -1.49. The van der Waals surface area contributed by atoms with Crippen LogP contribution in [-0.4, -0.2) is 70.7 Å². The fourth-order valence-electron chi connectivity index (χ4n) is 9.50. The van der Waals surface area contributed by atoms with Crippen molar-refractivity contribution < 1.29 is 38.4 Å². The number of amides is 2. The standard InChI is InChI=1S/C58H73N3O8/c1-8-56(9-2,53(63)61-54(4,5)39-59)60-49(62)27-19-26-42-29-31-43(32-30-42)34-47-35-48(33-28-41(47)3)58-52(67-38-46-24-17-12-18-25-46)50(65-36-44-20-13-10-14-21-44)51(66-37-45-22-15-11-16-23-45)57(69-58,40-68-58)55(6,7)64/h10-18,20-25,28-33,35,50-52,64H,8-9,19,26-27,34,36-40,59H2,1-7H3,(H,60,62)(H,61,63)/t50-,51-,52+,57-,58-/m0/s1. The second-order valence-electron chi connectivity index (χ2n) is 20.1. The van der Waals surface area contributed by atoms with E-state index in [-0.39, 0.29) is 38.2 Å². The maximum atomic E-state index is 13.3. The second-order valence-corrected chi connectivity index (χ2v) is 20.1. The molecule has 11 nitrogen and oxygen atoms in total. The van der Waals surface area contributed by atoms with Crippen LogP contribution in [0, 0.1) is 6.92 Å². The SMILES string of the molecule is CCC(CC)(NC(=O)CCCc1ccc(Cc2cc([C@]34OC[C@](C(C)(C)O)(O3)[C@@H](OCc3ccccc3)[C@H](OCc3ccccc3)[C@H]4OCc3ccccc3)ccc2C)cc1)C(=O)NC(C)(C)CN. The van der Waals surface area contributed by atoms with Gasteiger partial charge in [0.05, 0.1) is 32.0 Å². The number of carbonyl (C=O) groups is 2. The predicted molar refractivity (Wildman–Crippen MR) is 269 cm³/mol. The topological polar surface area (TPSA) is 151 Å². The summed E-state index contributed by atoms with van der Waals surface area (Å²) >= 11 is 0. The van der Waals surface area contributed by atoms with Gasteiger partial charge in [0.15, 0.2) is 5.60 Å². The number of carbonyl (C=O) groups excluding carboxylic acids is 2. The van der Waals surface area contributed by atoms with Crippen LogP contribution in [0.4, 0.5) is 0 Å². The summed E-state index contributed by atoms with van der Waals surface area (Å²) in [7, 11) is 0. The smallest absolute Gasteiger partial charge is 0.246 e. The Balaban J connectivity index is 1.14. The average molecular weight is 940 g/mol. The normalized spacial score (nSPS) is 21.5. The summed E-state index contributed by atoms with van der Waals surface area (Å²) in [6, 6.07) is 44.8. The molecule has 5 aromatic carbocycles. The predicted octanol–water partition coefficient (Wildman–Crippen LogP) is 8.92. The molecule has 5 atom stereocenters. The average Bonchev–Trinajstić information content (AvgIpc) is 3.73. The van der Waals surface area contributed by atoms with Crippen LogP contribution in [0.3, 0.4) is 0 Å². The Labute approximate surface area is 409 Å². The van der Waals surface area contributed by atoms with Gasteiger partial charge in [-0.05, 0) is 112 Å². The summed E-state index contributed by atoms with van der Waals surface area (Å²) in [5.41, 5.74) is 9.63. The lowest BCUT2D eigenvalue weighted by molar-refractivity contribution is -0.369. The van der Waals surface area contributed by atoms with Crippen molar-refractivity contribution in [2.45, 2.75) is 153 Å². The van der Waals surface area contributed by atoms with Gasteiger partial charge in [0.2, 0.25) is 17.6 Å². The van der Waals surface area contributed by atoms with E-state index in [9.17, 15) is 14.7 Å². The molecule has 5 aromatic rings. The molecule has 2 heterocycles. The molecular formula is C58H73N3O8. The van der Waals surface area contributed by atoms with Crippen LogP contribution in [0.1, 0.15) is 112 Å². The number of nitrogens with two attached hydrogens (primary N) is 1. The maximum absolute atomic E-state index is 13.3. The zero-order valence-corrected chi connectivity index (χ0v) is 41.6. The zero-order chi connectivity index (χ0) is 49.3. The Morgan fingerprint density at radius 3 is 1.78 bits per heavy atom. The highest BCUT2D eigenvalue weighted by Crippen LogP contribution is 2.56. The molecule has 0 saturated carbocycles. The summed E-state index contributed by atoms with van der Waals surface area (Å²) in [4.78, 5) is 26.5. The van der Waals surface area contributed by atoms with Crippen molar-refractivity contribution in [2.24, 2.45) is 5.73 Å². The number of aliphatic hydroxyl groups is 1. The fraction of sp³-hybridized carbons (Fsp3) is 0.448. The number of nitrogens with one attached hydrogen (secondary N) is 2. The van der Waals surface area contributed by atoms with Gasteiger partial charge >= 0.3 is 0 Å². The molecule has 2 fully saturated rings. The number of hydrogen-bond acceptors (Lipinski definition) is 9. The van der Waals surface area contributed by atoms with Gasteiger partial charge in [0, 0.05) is 24.1 Å². The van der Waals surface area contributed by atoms with Crippen LogP contribution in [0.5, 0.6) is 0 Å². The fourth-order valence-corrected chi connectivity index (χ4v) is 9.50. The van der Waals surface area contributed by atoms with Gasteiger partial charge in [-0.1, -0.05) is 141 Å². The van der Waals surface area contributed by atoms with E-state index in [2.05, 4.69) is 54.0 Å². The number of ether oxygens (including phenoxy) is 5.